The molecule has 3 atom stereocenters. The molecule has 0 aliphatic heterocycles. The van der Waals surface area contributed by atoms with Crippen molar-refractivity contribution >= 4 is 0 Å². The van der Waals surface area contributed by atoms with E-state index in [0.29, 0.717) is 5.41 Å². The SMILES string of the molecule is CCCCN(CCCC)C1CC(C(C)(C)C)CCC1CN. The van der Waals surface area contributed by atoms with E-state index < -0.39 is 0 Å². The zero-order valence-electron chi connectivity index (χ0n) is 15.3. The van der Waals surface area contributed by atoms with Crippen LogP contribution in [0, 0.1) is 17.3 Å². The maximum absolute atomic E-state index is 6.12. The van der Waals surface area contributed by atoms with Gasteiger partial charge in [0.05, 0.1) is 0 Å². The molecule has 0 saturated heterocycles. The fraction of sp³-hybridized carbons (Fsp3) is 1.00. The van der Waals surface area contributed by atoms with E-state index in [4.69, 9.17) is 5.73 Å². The molecule has 1 fully saturated rings. The summed E-state index contributed by atoms with van der Waals surface area (Å²) in [6, 6.07) is 0.728. The lowest BCUT2D eigenvalue weighted by Gasteiger charge is -2.46. The molecule has 1 saturated carbocycles. The molecule has 0 radical (unpaired) electrons. The van der Waals surface area contributed by atoms with E-state index in [9.17, 15) is 0 Å². The summed E-state index contributed by atoms with van der Waals surface area (Å²) in [5.41, 5.74) is 6.56. The summed E-state index contributed by atoms with van der Waals surface area (Å²) in [5.74, 6) is 1.58. The molecule has 2 heteroatoms. The molecule has 0 aromatic heterocycles. The van der Waals surface area contributed by atoms with Crippen LogP contribution < -0.4 is 5.73 Å². The molecule has 3 unspecified atom stereocenters. The van der Waals surface area contributed by atoms with Crippen molar-refractivity contribution in [1.29, 1.82) is 0 Å². The van der Waals surface area contributed by atoms with Crippen LogP contribution in [0.25, 0.3) is 0 Å². The average Bonchev–Trinajstić information content (AvgIpc) is 2.46. The molecule has 21 heavy (non-hydrogen) atoms. The highest BCUT2D eigenvalue weighted by Crippen LogP contribution is 2.41. The summed E-state index contributed by atoms with van der Waals surface area (Å²) in [7, 11) is 0. The van der Waals surface area contributed by atoms with Gasteiger partial charge in [0.2, 0.25) is 0 Å². The Morgan fingerprint density at radius 1 is 1.00 bits per heavy atom. The fourth-order valence-electron chi connectivity index (χ4n) is 3.88. The van der Waals surface area contributed by atoms with Gasteiger partial charge in [-0.3, -0.25) is 0 Å². The Balaban J connectivity index is 2.77. The van der Waals surface area contributed by atoms with Gasteiger partial charge in [-0.25, -0.2) is 0 Å². The zero-order valence-corrected chi connectivity index (χ0v) is 15.3. The van der Waals surface area contributed by atoms with E-state index in [-0.39, 0.29) is 0 Å². The predicted octanol–water partition coefficient (Wildman–Crippen LogP) is 4.68. The van der Waals surface area contributed by atoms with E-state index in [1.807, 2.05) is 0 Å². The monoisotopic (exact) mass is 296 g/mol. The highest BCUT2D eigenvalue weighted by Gasteiger charge is 2.37. The van der Waals surface area contributed by atoms with Crippen molar-refractivity contribution in [3.05, 3.63) is 0 Å². The van der Waals surface area contributed by atoms with Crippen LogP contribution in [0.3, 0.4) is 0 Å². The van der Waals surface area contributed by atoms with Crippen LogP contribution in [0.1, 0.15) is 79.6 Å². The standard InChI is InChI=1S/C19H40N2/c1-6-8-12-21(13-9-7-2)18-14-17(19(3,4)5)11-10-16(18)15-20/h16-18H,6-15,20H2,1-5H3. The van der Waals surface area contributed by atoms with Gasteiger partial charge in [0.1, 0.15) is 0 Å². The molecule has 0 bridgehead atoms. The predicted molar refractivity (Wildman–Crippen MR) is 94.5 cm³/mol. The third-order valence-corrected chi connectivity index (χ3v) is 5.55. The third kappa shape index (κ3) is 5.90. The molecule has 1 rings (SSSR count). The Bertz CT molecular complexity index is 261. The van der Waals surface area contributed by atoms with Gasteiger partial charge in [-0.05, 0) is 69.0 Å². The van der Waals surface area contributed by atoms with Crippen LogP contribution in [-0.4, -0.2) is 30.6 Å². The van der Waals surface area contributed by atoms with Gasteiger partial charge in [0, 0.05) is 6.04 Å². The average molecular weight is 297 g/mol. The molecule has 1 aliphatic rings. The summed E-state index contributed by atoms with van der Waals surface area (Å²) < 4.78 is 0. The molecule has 2 N–H and O–H groups in total. The van der Waals surface area contributed by atoms with Gasteiger partial charge in [-0.1, -0.05) is 47.5 Å². The topological polar surface area (TPSA) is 29.3 Å². The van der Waals surface area contributed by atoms with E-state index in [1.54, 1.807) is 0 Å². The maximum atomic E-state index is 6.12. The lowest BCUT2D eigenvalue weighted by Crippen LogP contribution is -2.49. The Labute approximate surface area is 133 Å². The molecule has 0 aromatic rings. The second-order valence-electron chi connectivity index (χ2n) is 8.18. The first kappa shape index (κ1) is 19.0. The van der Waals surface area contributed by atoms with Crippen LogP contribution in [-0.2, 0) is 0 Å². The molecule has 0 amide bonds. The molecule has 2 nitrogen and oxygen atoms in total. The lowest BCUT2D eigenvalue weighted by molar-refractivity contribution is 0.0434. The number of nitrogens with two attached hydrogens (primary N) is 1. The summed E-state index contributed by atoms with van der Waals surface area (Å²) >= 11 is 0. The van der Waals surface area contributed by atoms with Crippen LogP contribution in [0.15, 0.2) is 0 Å². The Kier molecular flexibility index (Phi) is 8.26. The van der Waals surface area contributed by atoms with E-state index in [0.717, 1.165) is 24.4 Å². The summed E-state index contributed by atoms with van der Waals surface area (Å²) in [5, 5.41) is 0. The highest BCUT2D eigenvalue weighted by molar-refractivity contribution is 4.91. The summed E-state index contributed by atoms with van der Waals surface area (Å²) in [6.07, 6.45) is 9.32. The largest absolute Gasteiger partial charge is 0.330 e. The molecule has 1 aliphatic carbocycles. The normalized spacial score (nSPS) is 27.3. The van der Waals surface area contributed by atoms with Crippen molar-refractivity contribution in [1.82, 2.24) is 4.90 Å². The number of rotatable bonds is 8. The van der Waals surface area contributed by atoms with Gasteiger partial charge in [0.15, 0.2) is 0 Å². The van der Waals surface area contributed by atoms with Gasteiger partial charge in [-0.15, -0.1) is 0 Å². The molecule has 0 spiro atoms. The summed E-state index contributed by atoms with van der Waals surface area (Å²) in [6.45, 7) is 15.3. The third-order valence-electron chi connectivity index (χ3n) is 5.55. The first-order chi connectivity index (χ1) is 9.93. The number of unbranched alkanes of at least 4 members (excludes halogenated alkanes) is 2. The fourth-order valence-corrected chi connectivity index (χ4v) is 3.88. The van der Waals surface area contributed by atoms with E-state index >= 15 is 0 Å². The molecule has 126 valence electrons. The van der Waals surface area contributed by atoms with Crippen molar-refractivity contribution in [2.45, 2.75) is 85.6 Å². The van der Waals surface area contributed by atoms with Crippen molar-refractivity contribution in [3.63, 3.8) is 0 Å². The second kappa shape index (κ2) is 9.15. The van der Waals surface area contributed by atoms with Gasteiger partial charge >= 0.3 is 0 Å². The molecule has 0 aromatic carbocycles. The summed E-state index contributed by atoms with van der Waals surface area (Å²) in [4.78, 5) is 2.79. The number of nitrogens with zero attached hydrogens (tertiary/aromatic N) is 1. The van der Waals surface area contributed by atoms with E-state index in [2.05, 4.69) is 39.5 Å². The Hall–Kier alpha value is -0.0800. The van der Waals surface area contributed by atoms with Crippen LogP contribution >= 0.6 is 0 Å². The minimum Gasteiger partial charge on any atom is -0.330 e. The maximum Gasteiger partial charge on any atom is 0.0138 e. The first-order valence-corrected chi connectivity index (χ1v) is 9.38. The van der Waals surface area contributed by atoms with E-state index in [1.165, 1.54) is 58.0 Å². The van der Waals surface area contributed by atoms with Gasteiger partial charge in [-0.2, -0.15) is 0 Å². The second-order valence-corrected chi connectivity index (χ2v) is 8.18. The molecular weight excluding hydrogens is 256 g/mol. The lowest BCUT2D eigenvalue weighted by atomic mass is 9.67. The number of hydrogen-bond donors (Lipinski definition) is 1. The number of hydrogen-bond acceptors (Lipinski definition) is 2. The minimum absolute atomic E-state index is 0.443. The van der Waals surface area contributed by atoms with Crippen LogP contribution in [0.5, 0.6) is 0 Å². The van der Waals surface area contributed by atoms with Crippen molar-refractivity contribution in [3.8, 4) is 0 Å². The molecule has 0 heterocycles. The highest BCUT2D eigenvalue weighted by atomic mass is 15.2. The minimum atomic E-state index is 0.443. The first-order valence-electron chi connectivity index (χ1n) is 9.38. The van der Waals surface area contributed by atoms with Gasteiger partial charge in [0.25, 0.3) is 0 Å². The smallest absolute Gasteiger partial charge is 0.0138 e. The molecular formula is C19H40N2. The Morgan fingerprint density at radius 3 is 2.00 bits per heavy atom. The van der Waals surface area contributed by atoms with Crippen molar-refractivity contribution < 1.29 is 0 Å². The van der Waals surface area contributed by atoms with Crippen LogP contribution in [0.4, 0.5) is 0 Å². The van der Waals surface area contributed by atoms with Crippen LogP contribution in [0.2, 0.25) is 0 Å². The van der Waals surface area contributed by atoms with Gasteiger partial charge < -0.3 is 10.6 Å². The quantitative estimate of drug-likeness (QED) is 0.705. The van der Waals surface area contributed by atoms with Crippen molar-refractivity contribution in [2.24, 2.45) is 23.0 Å². The Morgan fingerprint density at radius 2 is 1.57 bits per heavy atom. The van der Waals surface area contributed by atoms with Crippen molar-refractivity contribution in [2.75, 3.05) is 19.6 Å². The zero-order chi connectivity index (χ0) is 15.9.